The van der Waals surface area contributed by atoms with Crippen molar-refractivity contribution in [2.45, 2.75) is 72.0 Å². The number of aromatic nitrogens is 5. The summed E-state index contributed by atoms with van der Waals surface area (Å²) in [4.78, 5) is 27.2. The van der Waals surface area contributed by atoms with Gasteiger partial charge in [-0.1, -0.05) is 26.8 Å². The molecule has 4 aromatic rings. The molecule has 3 aromatic heterocycles. The summed E-state index contributed by atoms with van der Waals surface area (Å²) in [5.41, 5.74) is 5.57. The molecule has 8 nitrogen and oxygen atoms in total. The van der Waals surface area contributed by atoms with Crippen LogP contribution in [0.3, 0.4) is 0 Å². The maximum atomic E-state index is 13.3. The van der Waals surface area contributed by atoms with E-state index in [-0.39, 0.29) is 22.6 Å². The van der Waals surface area contributed by atoms with E-state index < -0.39 is 0 Å². The fourth-order valence-electron chi connectivity index (χ4n) is 4.70. The zero-order valence-electron chi connectivity index (χ0n) is 21.5. The van der Waals surface area contributed by atoms with Gasteiger partial charge in [-0.05, 0) is 63.1 Å². The van der Waals surface area contributed by atoms with Gasteiger partial charge in [0.15, 0.2) is 5.65 Å². The maximum absolute atomic E-state index is 13.3. The van der Waals surface area contributed by atoms with Crippen molar-refractivity contribution in [3.63, 3.8) is 0 Å². The molecule has 182 valence electrons. The number of nitrogens with zero attached hydrogens (tertiary/aromatic N) is 5. The first-order valence-corrected chi connectivity index (χ1v) is 12.1. The van der Waals surface area contributed by atoms with E-state index in [2.05, 4.69) is 67.4 Å². The van der Waals surface area contributed by atoms with E-state index >= 15 is 0 Å². The number of hydrogen-bond donors (Lipinski definition) is 2. The van der Waals surface area contributed by atoms with E-state index in [1.54, 1.807) is 17.1 Å². The highest BCUT2D eigenvalue weighted by molar-refractivity contribution is 5.77. The molecule has 4 heterocycles. The molecule has 0 amide bonds. The van der Waals surface area contributed by atoms with Gasteiger partial charge in [0.2, 0.25) is 5.95 Å². The van der Waals surface area contributed by atoms with Crippen LogP contribution in [0, 0.1) is 0 Å². The Hall–Kier alpha value is -3.52. The van der Waals surface area contributed by atoms with Gasteiger partial charge in [0.25, 0.3) is 5.56 Å². The lowest BCUT2D eigenvalue weighted by Crippen LogP contribution is -2.28. The van der Waals surface area contributed by atoms with Crippen LogP contribution in [0.2, 0.25) is 0 Å². The summed E-state index contributed by atoms with van der Waals surface area (Å²) in [5, 5.41) is 7.35. The lowest BCUT2D eigenvalue weighted by atomic mass is 9.91. The number of benzene rings is 1. The molecule has 0 saturated heterocycles. The zero-order valence-corrected chi connectivity index (χ0v) is 21.5. The Morgan fingerprint density at radius 1 is 1.11 bits per heavy atom. The molecule has 0 atom stereocenters. The molecule has 5 rings (SSSR count). The van der Waals surface area contributed by atoms with E-state index in [0.717, 1.165) is 23.6 Å². The molecule has 0 radical (unpaired) electrons. The fourth-order valence-corrected chi connectivity index (χ4v) is 4.70. The maximum Gasteiger partial charge on any atom is 0.278 e. The van der Waals surface area contributed by atoms with Gasteiger partial charge in [-0.15, -0.1) is 0 Å². The van der Waals surface area contributed by atoms with Gasteiger partial charge in [0.05, 0.1) is 5.69 Å². The Labute approximate surface area is 205 Å². The van der Waals surface area contributed by atoms with E-state index in [4.69, 9.17) is 4.98 Å². The first-order chi connectivity index (χ1) is 16.5. The standard InChI is InChI=1S/C27H33N7O/c1-16(2)33-24(35)20-15-29-25(31-18-8-9-21-17(12-18)14-30-27(21,6)7)32-23(20)34(33)19-10-11-28-22(13-19)26(3,4)5/h8-13,15-16,30H,14H2,1-7H3,(H,29,31,32). The minimum Gasteiger partial charge on any atom is -0.324 e. The van der Waals surface area contributed by atoms with Crippen LogP contribution < -0.4 is 16.2 Å². The van der Waals surface area contributed by atoms with Gasteiger partial charge in [-0.25, -0.2) is 14.3 Å². The van der Waals surface area contributed by atoms with Gasteiger partial charge >= 0.3 is 0 Å². The molecule has 0 unspecified atom stereocenters. The molecule has 1 aliphatic rings. The summed E-state index contributed by atoms with van der Waals surface area (Å²) >= 11 is 0. The van der Waals surface area contributed by atoms with Crippen molar-refractivity contribution >= 4 is 22.7 Å². The van der Waals surface area contributed by atoms with E-state index in [9.17, 15) is 4.79 Å². The minimum absolute atomic E-state index is 0.0322. The lowest BCUT2D eigenvalue weighted by molar-refractivity contribution is 0.442. The van der Waals surface area contributed by atoms with Crippen molar-refractivity contribution in [1.29, 1.82) is 0 Å². The van der Waals surface area contributed by atoms with Crippen molar-refractivity contribution in [2.24, 2.45) is 0 Å². The molecule has 2 N–H and O–H groups in total. The van der Waals surface area contributed by atoms with E-state index in [1.807, 2.05) is 36.7 Å². The van der Waals surface area contributed by atoms with Gasteiger partial charge in [-0.2, -0.15) is 4.98 Å². The summed E-state index contributed by atoms with van der Waals surface area (Å²) in [7, 11) is 0. The average Bonchev–Trinajstić information content (AvgIpc) is 3.26. The summed E-state index contributed by atoms with van der Waals surface area (Å²) in [6, 6.07) is 10.2. The highest BCUT2D eigenvalue weighted by atomic mass is 16.1. The van der Waals surface area contributed by atoms with Crippen LogP contribution in [0.4, 0.5) is 11.6 Å². The normalized spacial score (nSPS) is 15.1. The Morgan fingerprint density at radius 3 is 2.60 bits per heavy atom. The molecular formula is C27H33N7O. The predicted molar refractivity (Wildman–Crippen MR) is 140 cm³/mol. The third-order valence-corrected chi connectivity index (χ3v) is 6.62. The highest BCUT2D eigenvalue weighted by Crippen LogP contribution is 2.33. The number of pyridine rings is 1. The molecule has 0 spiro atoms. The fraction of sp³-hybridized carbons (Fsp3) is 0.407. The molecular weight excluding hydrogens is 438 g/mol. The van der Waals surface area contributed by atoms with E-state index in [1.165, 1.54) is 11.1 Å². The number of hydrogen-bond acceptors (Lipinski definition) is 6. The highest BCUT2D eigenvalue weighted by Gasteiger charge is 2.29. The Balaban J connectivity index is 1.62. The van der Waals surface area contributed by atoms with E-state index in [0.29, 0.717) is 17.0 Å². The second-order valence-electron chi connectivity index (χ2n) is 11.1. The summed E-state index contributed by atoms with van der Waals surface area (Å²) in [6.07, 6.45) is 3.41. The van der Waals surface area contributed by atoms with Crippen LogP contribution in [0.15, 0.2) is 47.5 Å². The number of nitrogens with one attached hydrogen (secondary N) is 2. The van der Waals surface area contributed by atoms with Crippen LogP contribution in [0.5, 0.6) is 0 Å². The molecule has 1 aliphatic heterocycles. The quantitative estimate of drug-likeness (QED) is 0.438. The van der Waals surface area contributed by atoms with Crippen molar-refractivity contribution in [1.82, 2.24) is 29.6 Å². The van der Waals surface area contributed by atoms with Gasteiger partial charge in [0, 0.05) is 47.3 Å². The SMILES string of the molecule is CC(C)n1c(=O)c2cnc(Nc3ccc4c(c3)CNC4(C)C)nc2n1-c1ccnc(C(C)(C)C)c1. The predicted octanol–water partition coefficient (Wildman–Crippen LogP) is 4.94. The number of rotatable bonds is 4. The van der Waals surface area contributed by atoms with Crippen LogP contribution in [0.1, 0.15) is 71.3 Å². The molecule has 8 heteroatoms. The van der Waals surface area contributed by atoms with Gasteiger partial charge in [-0.3, -0.25) is 9.78 Å². The second kappa shape index (κ2) is 8.02. The molecule has 1 aromatic carbocycles. The average molecular weight is 472 g/mol. The van der Waals surface area contributed by atoms with Crippen molar-refractivity contribution in [2.75, 3.05) is 5.32 Å². The first kappa shape index (κ1) is 23.2. The van der Waals surface area contributed by atoms with Crippen LogP contribution in [-0.4, -0.2) is 24.3 Å². The number of fused-ring (bicyclic) bond motifs is 2. The summed E-state index contributed by atoms with van der Waals surface area (Å²) in [6.45, 7) is 15.6. The lowest BCUT2D eigenvalue weighted by Gasteiger charge is -2.20. The number of anilines is 2. The van der Waals surface area contributed by atoms with Gasteiger partial charge < -0.3 is 10.6 Å². The molecule has 0 bridgehead atoms. The van der Waals surface area contributed by atoms with Crippen LogP contribution in [-0.2, 0) is 17.5 Å². The third-order valence-electron chi connectivity index (χ3n) is 6.62. The molecule has 0 fully saturated rings. The molecule has 35 heavy (non-hydrogen) atoms. The van der Waals surface area contributed by atoms with Crippen LogP contribution >= 0.6 is 0 Å². The second-order valence-corrected chi connectivity index (χ2v) is 11.1. The monoisotopic (exact) mass is 471 g/mol. The topological polar surface area (TPSA) is 89.7 Å². The van der Waals surface area contributed by atoms with Crippen molar-refractivity contribution in [3.8, 4) is 5.69 Å². The third kappa shape index (κ3) is 4.01. The Kier molecular flexibility index (Phi) is 5.32. The zero-order chi connectivity index (χ0) is 25.1. The van der Waals surface area contributed by atoms with Crippen molar-refractivity contribution < 1.29 is 0 Å². The Morgan fingerprint density at radius 2 is 1.89 bits per heavy atom. The molecule has 0 saturated carbocycles. The van der Waals surface area contributed by atoms with Crippen molar-refractivity contribution in [3.05, 3.63) is 69.9 Å². The largest absolute Gasteiger partial charge is 0.324 e. The summed E-state index contributed by atoms with van der Waals surface area (Å²) in [5.74, 6) is 0.447. The minimum atomic E-state index is -0.124. The van der Waals surface area contributed by atoms with Gasteiger partial charge in [0.1, 0.15) is 5.39 Å². The smallest absolute Gasteiger partial charge is 0.278 e. The summed E-state index contributed by atoms with van der Waals surface area (Å²) < 4.78 is 3.62. The first-order valence-electron chi connectivity index (χ1n) is 12.1. The Bertz CT molecular complexity index is 1490. The van der Waals surface area contributed by atoms with Crippen LogP contribution in [0.25, 0.3) is 16.7 Å². The molecule has 0 aliphatic carbocycles.